The summed E-state index contributed by atoms with van der Waals surface area (Å²) < 4.78 is 34.1. The summed E-state index contributed by atoms with van der Waals surface area (Å²) >= 11 is 0. The van der Waals surface area contributed by atoms with Gasteiger partial charge in [0.1, 0.15) is 5.82 Å². The lowest BCUT2D eigenvalue weighted by atomic mass is 9.94. The van der Waals surface area contributed by atoms with Gasteiger partial charge in [-0.1, -0.05) is 18.2 Å². The van der Waals surface area contributed by atoms with Crippen LogP contribution in [0.25, 0.3) is 11.1 Å². The fraction of sp³-hybridized carbons (Fsp3) is 0.217. The number of carbonyl (C=O) groups excluding carboxylic acids is 1. The lowest BCUT2D eigenvalue weighted by molar-refractivity contribution is -0.118. The van der Waals surface area contributed by atoms with Crippen molar-refractivity contribution in [3.63, 3.8) is 0 Å². The van der Waals surface area contributed by atoms with Crippen LogP contribution in [0.15, 0.2) is 59.5 Å². The molecule has 32 heavy (non-hydrogen) atoms. The number of carbonyl (C=O) groups is 1. The highest BCUT2D eigenvalue weighted by atomic mass is 32.2. The Bertz CT molecular complexity index is 1360. The smallest absolute Gasteiger partial charge is 0.238 e. The second kappa shape index (κ2) is 7.32. The van der Waals surface area contributed by atoms with Crippen LogP contribution < -0.4 is 19.9 Å². The summed E-state index contributed by atoms with van der Waals surface area (Å²) in [7, 11) is -3.80. The van der Waals surface area contributed by atoms with Crippen LogP contribution in [0.2, 0.25) is 0 Å². The molecule has 0 saturated heterocycles. The Hall–Kier alpha value is -3.43. The van der Waals surface area contributed by atoms with Crippen LogP contribution >= 0.6 is 0 Å². The Balaban J connectivity index is 0.00000259. The van der Waals surface area contributed by atoms with E-state index in [1.165, 1.54) is 12.1 Å². The van der Waals surface area contributed by atoms with Crippen molar-refractivity contribution in [2.24, 2.45) is 5.14 Å². The summed E-state index contributed by atoms with van der Waals surface area (Å²) in [5.74, 6) is 1.66. The molecular formula is C23H23N3O5S. The fourth-order valence-corrected chi connectivity index (χ4v) is 4.54. The second-order valence-electron chi connectivity index (χ2n) is 8.01. The minimum atomic E-state index is -3.80. The summed E-state index contributed by atoms with van der Waals surface area (Å²) in [5.41, 5.74) is 2.39. The Morgan fingerprint density at radius 1 is 1.09 bits per heavy atom. The predicted octanol–water partition coefficient (Wildman–Crippen LogP) is 3.35. The number of nitrogens with two attached hydrogens (primary N) is 1. The van der Waals surface area contributed by atoms with Crippen LogP contribution in [0.3, 0.4) is 0 Å². The van der Waals surface area contributed by atoms with Crippen LogP contribution in [0.1, 0.15) is 25.5 Å². The van der Waals surface area contributed by atoms with Gasteiger partial charge in [-0.15, -0.1) is 0 Å². The number of ether oxygens (including phenoxy) is 2. The Morgan fingerprint density at radius 3 is 2.59 bits per heavy atom. The maximum absolute atomic E-state index is 13.1. The molecule has 2 heterocycles. The molecule has 1 fully saturated rings. The molecule has 8 nitrogen and oxygen atoms in total. The van der Waals surface area contributed by atoms with Crippen molar-refractivity contribution in [2.75, 3.05) is 12.1 Å². The van der Waals surface area contributed by atoms with Crippen molar-refractivity contribution in [2.45, 2.75) is 30.1 Å². The number of aromatic nitrogens is 1. The number of sulfonamides is 1. The topological polar surface area (TPSA) is 121 Å². The number of anilines is 1. The zero-order valence-corrected chi connectivity index (χ0v) is 18.1. The van der Waals surface area contributed by atoms with Gasteiger partial charge in [-0.3, -0.25) is 4.79 Å². The molecule has 0 radical (unpaired) electrons. The monoisotopic (exact) mass is 453 g/mol. The minimum Gasteiger partial charge on any atom is -0.454 e. The van der Waals surface area contributed by atoms with Crippen molar-refractivity contribution in [1.29, 1.82) is 0 Å². The first-order valence-corrected chi connectivity index (χ1v) is 11.6. The molecule has 0 atom stereocenters. The van der Waals surface area contributed by atoms with E-state index in [1.807, 2.05) is 18.2 Å². The van der Waals surface area contributed by atoms with E-state index in [9.17, 15) is 13.2 Å². The molecule has 0 spiro atoms. The van der Waals surface area contributed by atoms with Crippen LogP contribution in [0, 0.1) is 6.92 Å². The standard InChI is InChI=1S/C23H21N3O5S.H2/c1-14-18(15-3-2-4-17(11-15)32(24,28)29)6-8-21(25-14)26-22(27)23(9-10-23)16-5-7-19-20(12-16)31-13-30-19;/h2-8,11-12H,9-10,13H2,1H3,(H2,24,28,29)(H,25,26,27);1H. The van der Waals surface area contributed by atoms with Gasteiger partial charge >= 0.3 is 0 Å². The van der Waals surface area contributed by atoms with Crippen molar-refractivity contribution in [1.82, 2.24) is 4.98 Å². The molecule has 1 amide bonds. The molecule has 1 aromatic heterocycles. The number of amides is 1. The molecule has 3 N–H and O–H groups in total. The van der Waals surface area contributed by atoms with Gasteiger partial charge in [-0.25, -0.2) is 18.5 Å². The van der Waals surface area contributed by atoms with Crippen LogP contribution in [0.5, 0.6) is 11.5 Å². The molecule has 166 valence electrons. The normalized spacial score (nSPS) is 15.9. The number of pyridine rings is 1. The Kier molecular flexibility index (Phi) is 4.68. The summed E-state index contributed by atoms with van der Waals surface area (Å²) in [6, 6.07) is 15.5. The van der Waals surface area contributed by atoms with Gasteiger partial charge in [0.15, 0.2) is 11.5 Å². The maximum Gasteiger partial charge on any atom is 0.238 e. The summed E-state index contributed by atoms with van der Waals surface area (Å²) in [6.45, 7) is 1.99. The van der Waals surface area contributed by atoms with Gasteiger partial charge in [0.2, 0.25) is 22.7 Å². The zero-order chi connectivity index (χ0) is 22.5. The summed E-state index contributed by atoms with van der Waals surface area (Å²) in [5, 5.41) is 8.17. The van der Waals surface area contributed by atoms with Crippen molar-refractivity contribution >= 4 is 21.7 Å². The van der Waals surface area contributed by atoms with Gasteiger partial charge in [0.05, 0.1) is 10.3 Å². The van der Waals surface area contributed by atoms with Crippen LogP contribution in [0.4, 0.5) is 5.82 Å². The number of hydrogen-bond donors (Lipinski definition) is 2. The fourth-order valence-electron chi connectivity index (χ4n) is 3.98. The van der Waals surface area contributed by atoms with E-state index in [-0.39, 0.29) is 19.0 Å². The first-order chi connectivity index (χ1) is 15.3. The van der Waals surface area contributed by atoms with E-state index in [0.717, 1.165) is 24.0 Å². The molecule has 0 bridgehead atoms. The zero-order valence-electron chi connectivity index (χ0n) is 17.3. The third kappa shape index (κ3) is 3.59. The molecule has 5 rings (SSSR count). The SMILES string of the molecule is Cc1nc(NC(=O)C2(c3ccc4c(c3)OCO4)CC2)ccc1-c1cccc(S(N)(=O)=O)c1.[HH]. The van der Waals surface area contributed by atoms with Gasteiger partial charge < -0.3 is 14.8 Å². The summed E-state index contributed by atoms with van der Waals surface area (Å²) in [6.07, 6.45) is 1.49. The first kappa shape index (κ1) is 20.5. The van der Waals surface area contributed by atoms with E-state index in [0.29, 0.717) is 28.6 Å². The number of nitrogens with zero attached hydrogens (tertiary/aromatic N) is 1. The largest absolute Gasteiger partial charge is 0.454 e. The minimum absolute atomic E-state index is 0. The van der Waals surface area contributed by atoms with Gasteiger partial charge in [-0.2, -0.15) is 0 Å². The molecule has 2 aromatic carbocycles. The third-order valence-electron chi connectivity index (χ3n) is 5.91. The van der Waals surface area contributed by atoms with E-state index < -0.39 is 15.4 Å². The molecule has 1 aliphatic carbocycles. The quantitative estimate of drug-likeness (QED) is 0.611. The number of primary sulfonamides is 1. The number of fused-ring (bicyclic) bond motifs is 1. The average molecular weight is 454 g/mol. The summed E-state index contributed by atoms with van der Waals surface area (Å²) in [4.78, 5) is 17.7. The Labute approximate surface area is 186 Å². The van der Waals surface area contributed by atoms with Gasteiger partial charge in [-0.05, 0) is 67.3 Å². The molecule has 3 aromatic rings. The molecule has 1 aliphatic heterocycles. The van der Waals surface area contributed by atoms with Crippen LogP contribution in [-0.4, -0.2) is 26.1 Å². The lowest BCUT2D eigenvalue weighted by Crippen LogP contribution is -2.28. The highest BCUT2D eigenvalue weighted by Gasteiger charge is 2.51. The molecule has 1 saturated carbocycles. The lowest BCUT2D eigenvalue weighted by Gasteiger charge is -2.17. The molecule has 9 heteroatoms. The molecule has 2 aliphatic rings. The second-order valence-corrected chi connectivity index (χ2v) is 9.57. The third-order valence-corrected chi connectivity index (χ3v) is 6.82. The predicted molar refractivity (Wildman–Crippen MR) is 120 cm³/mol. The highest BCUT2D eigenvalue weighted by molar-refractivity contribution is 7.89. The Morgan fingerprint density at radius 2 is 1.88 bits per heavy atom. The van der Waals surface area contributed by atoms with Crippen molar-refractivity contribution < 1.29 is 24.1 Å². The highest BCUT2D eigenvalue weighted by Crippen LogP contribution is 2.51. The number of nitrogens with one attached hydrogen (secondary N) is 1. The van der Waals surface area contributed by atoms with E-state index in [2.05, 4.69) is 10.3 Å². The number of aryl methyl sites for hydroxylation is 1. The molecular weight excluding hydrogens is 430 g/mol. The van der Waals surface area contributed by atoms with E-state index in [4.69, 9.17) is 14.6 Å². The number of rotatable bonds is 5. The van der Waals surface area contributed by atoms with Gasteiger partial charge in [0, 0.05) is 12.7 Å². The maximum atomic E-state index is 13.1. The first-order valence-electron chi connectivity index (χ1n) is 10.1. The van der Waals surface area contributed by atoms with E-state index >= 15 is 0 Å². The average Bonchev–Trinajstić information content (AvgIpc) is 3.44. The van der Waals surface area contributed by atoms with Crippen molar-refractivity contribution in [3.05, 3.63) is 65.9 Å². The van der Waals surface area contributed by atoms with Crippen LogP contribution in [-0.2, 0) is 20.2 Å². The number of hydrogen-bond acceptors (Lipinski definition) is 6. The van der Waals surface area contributed by atoms with E-state index in [1.54, 1.807) is 31.2 Å². The molecule has 0 unspecified atom stereocenters. The number of benzene rings is 2. The van der Waals surface area contributed by atoms with Crippen molar-refractivity contribution in [3.8, 4) is 22.6 Å². The van der Waals surface area contributed by atoms with Gasteiger partial charge in [0.25, 0.3) is 0 Å².